The zero-order chi connectivity index (χ0) is 13.9. The molecule has 0 radical (unpaired) electrons. The Morgan fingerprint density at radius 2 is 1.53 bits per heavy atom. The minimum absolute atomic E-state index is 0.00408. The second-order valence-corrected chi connectivity index (χ2v) is 5.37. The van der Waals surface area contributed by atoms with Gasteiger partial charge < -0.3 is 8.37 Å². The van der Waals surface area contributed by atoms with E-state index in [1.165, 1.54) is 30.3 Å². The van der Waals surface area contributed by atoms with Gasteiger partial charge >= 0.3 is 10.4 Å². The first kappa shape index (κ1) is 14.0. The number of hydrogen-bond acceptors (Lipinski definition) is 4. The maximum absolute atomic E-state index is 11.7. The van der Waals surface area contributed by atoms with Crippen LogP contribution in [-0.2, 0) is 10.4 Å². The summed E-state index contributed by atoms with van der Waals surface area (Å²) in [5.41, 5.74) is 0. The van der Waals surface area contributed by atoms with Crippen molar-refractivity contribution >= 4 is 33.6 Å². The van der Waals surface area contributed by atoms with Crippen LogP contribution in [0.25, 0.3) is 0 Å². The molecule has 0 heterocycles. The summed E-state index contributed by atoms with van der Waals surface area (Å²) < 4.78 is 32.9. The highest BCUT2D eigenvalue weighted by Crippen LogP contribution is 2.32. The molecule has 0 aromatic heterocycles. The molecule has 0 aliphatic heterocycles. The third-order valence-electron chi connectivity index (χ3n) is 2.05. The van der Waals surface area contributed by atoms with Crippen molar-refractivity contribution < 1.29 is 16.8 Å². The molecule has 0 unspecified atom stereocenters. The lowest BCUT2D eigenvalue weighted by molar-refractivity contribution is 0.392. The highest BCUT2D eigenvalue weighted by atomic mass is 35.5. The van der Waals surface area contributed by atoms with E-state index in [9.17, 15) is 8.42 Å². The van der Waals surface area contributed by atoms with Gasteiger partial charge in [0.25, 0.3) is 0 Å². The van der Waals surface area contributed by atoms with Crippen LogP contribution in [0.15, 0.2) is 48.5 Å². The van der Waals surface area contributed by atoms with E-state index in [0.29, 0.717) is 0 Å². The van der Waals surface area contributed by atoms with Crippen molar-refractivity contribution in [1.29, 1.82) is 0 Å². The summed E-state index contributed by atoms with van der Waals surface area (Å²) in [5.74, 6) is 0.0470. The van der Waals surface area contributed by atoms with Crippen molar-refractivity contribution in [2.75, 3.05) is 0 Å². The zero-order valence-electron chi connectivity index (χ0n) is 9.42. The van der Waals surface area contributed by atoms with E-state index in [1.54, 1.807) is 18.2 Å². The predicted molar refractivity (Wildman–Crippen MR) is 73.1 cm³/mol. The van der Waals surface area contributed by atoms with Crippen LogP contribution in [0.2, 0.25) is 10.0 Å². The number of benzene rings is 2. The normalized spacial score (nSPS) is 11.1. The van der Waals surface area contributed by atoms with Gasteiger partial charge in [0, 0.05) is 0 Å². The van der Waals surface area contributed by atoms with Crippen molar-refractivity contribution in [3.63, 3.8) is 0 Å². The largest absolute Gasteiger partial charge is 0.501 e. The molecule has 0 spiro atoms. The average molecular weight is 319 g/mol. The number of hydrogen-bond donors (Lipinski definition) is 0. The standard InChI is InChI=1S/C12H8Cl2O4S/c13-10-7-4-8-11(12(10)14)18-19(15,16)17-9-5-2-1-3-6-9/h1-8H. The molecule has 0 aliphatic rings. The van der Waals surface area contributed by atoms with Crippen LogP contribution in [0.5, 0.6) is 11.5 Å². The number of halogens is 2. The molecule has 0 amide bonds. The van der Waals surface area contributed by atoms with Crippen LogP contribution in [-0.4, -0.2) is 8.42 Å². The van der Waals surface area contributed by atoms with Crippen molar-refractivity contribution in [3.8, 4) is 11.5 Å². The Hall–Kier alpha value is -1.43. The van der Waals surface area contributed by atoms with Crippen molar-refractivity contribution in [2.24, 2.45) is 0 Å². The summed E-state index contributed by atoms with van der Waals surface area (Å²) in [4.78, 5) is 0. The number of rotatable bonds is 4. The summed E-state index contributed by atoms with van der Waals surface area (Å²) in [6.45, 7) is 0. The molecule has 0 atom stereocenters. The Bertz CT molecular complexity index is 671. The van der Waals surface area contributed by atoms with E-state index < -0.39 is 10.4 Å². The van der Waals surface area contributed by atoms with E-state index in [2.05, 4.69) is 0 Å². The summed E-state index contributed by atoms with van der Waals surface area (Å²) in [6.07, 6.45) is 0. The third-order valence-corrected chi connectivity index (χ3v) is 3.63. The van der Waals surface area contributed by atoms with E-state index in [1.807, 2.05) is 0 Å². The lowest BCUT2D eigenvalue weighted by Gasteiger charge is -2.09. The van der Waals surface area contributed by atoms with Gasteiger partial charge in [-0.2, -0.15) is 0 Å². The van der Waals surface area contributed by atoms with Crippen molar-refractivity contribution in [3.05, 3.63) is 58.6 Å². The van der Waals surface area contributed by atoms with Gasteiger partial charge in [0.05, 0.1) is 5.02 Å². The highest BCUT2D eigenvalue weighted by Gasteiger charge is 2.18. The van der Waals surface area contributed by atoms with E-state index in [4.69, 9.17) is 31.6 Å². The van der Waals surface area contributed by atoms with Crippen molar-refractivity contribution in [2.45, 2.75) is 0 Å². The number of para-hydroxylation sites is 1. The van der Waals surface area contributed by atoms with Gasteiger partial charge in [-0.3, -0.25) is 0 Å². The van der Waals surface area contributed by atoms with Gasteiger partial charge in [-0.1, -0.05) is 47.5 Å². The minimum Gasteiger partial charge on any atom is -0.353 e. The molecule has 4 nitrogen and oxygen atoms in total. The Morgan fingerprint density at radius 3 is 2.21 bits per heavy atom. The third kappa shape index (κ3) is 3.76. The van der Waals surface area contributed by atoms with E-state index in [0.717, 1.165) is 0 Å². The SMILES string of the molecule is O=S(=O)(Oc1ccccc1)Oc1cccc(Cl)c1Cl. The van der Waals surface area contributed by atoms with E-state index >= 15 is 0 Å². The van der Waals surface area contributed by atoms with Gasteiger partial charge in [-0.05, 0) is 24.3 Å². The van der Waals surface area contributed by atoms with Crippen LogP contribution in [0.3, 0.4) is 0 Å². The second kappa shape index (κ2) is 5.69. The van der Waals surface area contributed by atoms with E-state index in [-0.39, 0.29) is 21.5 Å². The Morgan fingerprint density at radius 1 is 0.842 bits per heavy atom. The van der Waals surface area contributed by atoms with Gasteiger partial charge in [-0.25, -0.2) is 0 Å². The van der Waals surface area contributed by atoms with Crippen LogP contribution in [0.4, 0.5) is 0 Å². The van der Waals surface area contributed by atoms with Crippen LogP contribution < -0.4 is 8.37 Å². The first-order chi connectivity index (χ1) is 8.98. The lowest BCUT2D eigenvalue weighted by atomic mass is 10.3. The summed E-state index contributed by atoms with van der Waals surface area (Å²) >= 11 is 11.6. The molecule has 0 bridgehead atoms. The summed E-state index contributed by atoms with van der Waals surface area (Å²) in [5, 5.41) is 0.193. The molecule has 2 aromatic rings. The zero-order valence-corrected chi connectivity index (χ0v) is 11.7. The molecule has 100 valence electrons. The molecular weight excluding hydrogens is 311 g/mol. The maximum atomic E-state index is 11.7. The topological polar surface area (TPSA) is 52.6 Å². The first-order valence-corrected chi connectivity index (χ1v) is 7.20. The smallest absolute Gasteiger partial charge is 0.353 e. The summed E-state index contributed by atoms with van der Waals surface area (Å²) in [7, 11) is -4.27. The molecule has 0 N–H and O–H groups in total. The van der Waals surface area contributed by atoms with Gasteiger partial charge in [0.2, 0.25) is 0 Å². The molecule has 2 rings (SSSR count). The lowest BCUT2D eigenvalue weighted by Crippen LogP contribution is -2.16. The van der Waals surface area contributed by atoms with Gasteiger partial charge in [0.15, 0.2) is 5.75 Å². The average Bonchev–Trinajstić information content (AvgIpc) is 2.35. The fraction of sp³-hybridized carbons (Fsp3) is 0. The highest BCUT2D eigenvalue weighted by molar-refractivity contribution is 7.82. The van der Waals surface area contributed by atoms with Gasteiger partial charge in [0.1, 0.15) is 10.8 Å². The van der Waals surface area contributed by atoms with Crippen LogP contribution >= 0.6 is 23.2 Å². The molecule has 0 saturated carbocycles. The molecule has 0 fully saturated rings. The van der Waals surface area contributed by atoms with Crippen molar-refractivity contribution in [1.82, 2.24) is 0 Å². The molecule has 0 aliphatic carbocycles. The van der Waals surface area contributed by atoms with Crippen LogP contribution in [0, 0.1) is 0 Å². The molecular formula is C12H8Cl2O4S. The molecule has 19 heavy (non-hydrogen) atoms. The minimum atomic E-state index is -4.27. The Labute approximate surface area is 120 Å². The summed E-state index contributed by atoms with van der Waals surface area (Å²) in [6, 6.07) is 12.4. The van der Waals surface area contributed by atoms with Gasteiger partial charge in [-0.15, -0.1) is 8.42 Å². The Kier molecular flexibility index (Phi) is 4.19. The predicted octanol–water partition coefficient (Wildman–Crippen LogP) is 3.70. The second-order valence-electron chi connectivity index (χ2n) is 3.44. The maximum Gasteiger partial charge on any atom is 0.501 e. The fourth-order valence-electron chi connectivity index (χ4n) is 1.27. The molecule has 7 heteroatoms. The monoisotopic (exact) mass is 318 g/mol. The molecule has 2 aromatic carbocycles. The molecule has 0 saturated heterocycles. The first-order valence-electron chi connectivity index (χ1n) is 5.11. The quantitative estimate of drug-likeness (QED) is 0.862. The fourth-order valence-corrected chi connectivity index (χ4v) is 2.39. The van der Waals surface area contributed by atoms with Crippen LogP contribution in [0.1, 0.15) is 0 Å². The Balaban J connectivity index is 2.20.